The van der Waals surface area contributed by atoms with E-state index in [1.807, 2.05) is 0 Å². The lowest BCUT2D eigenvalue weighted by Gasteiger charge is -2.01. The molecule has 0 aromatic heterocycles. The Labute approximate surface area is 74.9 Å². The fraction of sp³-hybridized carbons (Fsp3) is 0.125. The minimum Gasteiger partial charge on any atom is -0.504 e. The molecule has 1 N–H and O–H groups in total. The van der Waals surface area contributed by atoms with Crippen LogP contribution in [0, 0.1) is 6.57 Å². The van der Waals surface area contributed by atoms with Gasteiger partial charge in [-0.05, 0) is 12.1 Å². The molecule has 4 heteroatoms. The van der Waals surface area contributed by atoms with Crippen molar-refractivity contribution in [2.24, 2.45) is 0 Å². The van der Waals surface area contributed by atoms with Crippen molar-refractivity contribution in [3.05, 3.63) is 29.0 Å². The average Bonchev–Trinajstić information content (AvgIpc) is 2.09. The van der Waals surface area contributed by atoms with Gasteiger partial charge in [0.1, 0.15) is 0 Å². The van der Waals surface area contributed by atoms with Crippen LogP contribution in [0.25, 0.3) is 4.25 Å². The number of aromatic hydroxyl groups is 1. The maximum atomic E-state index is 9.19. The molecule has 0 saturated carbocycles. The average molecular weight is 181 g/mol. The normalized spacial score (nSPS) is 9.00. The van der Waals surface area contributed by atoms with Crippen molar-refractivity contribution in [3.8, 4) is 11.5 Å². The Morgan fingerprint density at radius 3 is 2.92 bits per heavy atom. The molecule has 1 aromatic carbocycles. The van der Waals surface area contributed by atoms with Gasteiger partial charge in [-0.15, -0.1) is 0 Å². The number of rotatable bonds is 2. The predicted molar refractivity (Wildman–Crippen MR) is 47.1 cm³/mol. The molecular formula is C8H7NO2S. The first-order valence-electron chi connectivity index (χ1n) is 3.18. The number of phenols is 1. The zero-order valence-corrected chi connectivity index (χ0v) is 7.26. The van der Waals surface area contributed by atoms with Crippen molar-refractivity contribution in [1.29, 1.82) is 0 Å². The van der Waals surface area contributed by atoms with E-state index < -0.39 is 0 Å². The molecule has 0 aliphatic carbocycles. The first-order chi connectivity index (χ1) is 5.77. The first-order valence-corrected chi connectivity index (χ1v) is 3.96. The van der Waals surface area contributed by atoms with Crippen molar-refractivity contribution in [2.45, 2.75) is 4.90 Å². The quantitative estimate of drug-likeness (QED) is 0.561. The van der Waals surface area contributed by atoms with Crippen LogP contribution in [0.2, 0.25) is 0 Å². The molecule has 1 rings (SSSR count). The first kappa shape index (κ1) is 8.75. The van der Waals surface area contributed by atoms with Crippen LogP contribution in [-0.4, -0.2) is 12.2 Å². The van der Waals surface area contributed by atoms with E-state index in [4.69, 9.17) is 11.3 Å². The van der Waals surface area contributed by atoms with E-state index in [0.717, 1.165) is 16.8 Å². The molecular weight excluding hydrogens is 174 g/mol. The second-order valence-corrected chi connectivity index (χ2v) is 2.85. The number of hydrogen-bond acceptors (Lipinski definition) is 3. The third-order valence-electron chi connectivity index (χ3n) is 1.30. The van der Waals surface area contributed by atoms with Crippen molar-refractivity contribution >= 4 is 11.9 Å². The Bertz CT molecular complexity index is 319. The van der Waals surface area contributed by atoms with Gasteiger partial charge in [0, 0.05) is 6.07 Å². The van der Waals surface area contributed by atoms with Gasteiger partial charge in [0.25, 0.3) is 11.9 Å². The number of hydrogen-bond donors (Lipinski definition) is 1. The Balaban J connectivity index is 2.98. The summed E-state index contributed by atoms with van der Waals surface area (Å²) in [4.78, 5) is 0.764. The van der Waals surface area contributed by atoms with Gasteiger partial charge in [0.05, 0.1) is 12.0 Å². The monoisotopic (exact) mass is 181 g/mol. The van der Waals surface area contributed by atoms with E-state index >= 15 is 0 Å². The lowest BCUT2D eigenvalue weighted by Crippen LogP contribution is -1.82. The van der Waals surface area contributed by atoms with Gasteiger partial charge >= 0.3 is 0 Å². The number of nitrogens with zero attached hydrogens (tertiary/aromatic N) is 1. The van der Waals surface area contributed by atoms with Crippen molar-refractivity contribution < 1.29 is 9.84 Å². The zero-order chi connectivity index (χ0) is 8.97. The van der Waals surface area contributed by atoms with E-state index in [9.17, 15) is 5.11 Å². The highest BCUT2D eigenvalue weighted by atomic mass is 32.2. The highest BCUT2D eigenvalue weighted by molar-refractivity contribution is 8.01. The standard InChI is InChI=1S/C8H7NO2S/c1-9-12-6-3-4-7(10)8(5-6)11-2/h3-5,10H,2H3. The molecule has 0 aliphatic rings. The molecule has 62 valence electrons. The van der Waals surface area contributed by atoms with E-state index in [2.05, 4.69) is 4.25 Å². The molecule has 0 amide bonds. The van der Waals surface area contributed by atoms with Crippen LogP contribution in [0.5, 0.6) is 11.5 Å². The van der Waals surface area contributed by atoms with E-state index in [-0.39, 0.29) is 5.75 Å². The van der Waals surface area contributed by atoms with Gasteiger partial charge < -0.3 is 9.84 Å². The summed E-state index contributed by atoms with van der Waals surface area (Å²) in [6.07, 6.45) is 0. The molecule has 0 heterocycles. The van der Waals surface area contributed by atoms with Crippen molar-refractivity contribution in [3.63, 3.8) is 0 Å². The highest BCUT2D eigenvalue weighted by Crippen LogP contribution is 2.31. The summed E-state index contributed by atoms with van der Waals surface area (Å²) in [6, 6.07) is 4.80. The molecule has 1 aromatic rings. The van der Waals surface area contributed by atoms with Crippen LogP contribution in [0.1, 0.15) is 0 Å². The minimum atomic E-state index is 0.0897. The van der Waals surface area contributed by atoms with Crippen LogP contribution in [-0.2, 0) is 0 Å². The highest BCUT2D eigenvalue weighted by Gasteiger charge is 2.05. The summed E-state index contributed by atoms with van der Waals surface area (Å²) in [7, 11) is 1.47. The van der Waals surface area contributed by atoms with Crippen LogP contribution in [0.3, 0.4) is 0 Å². The molecule has 0 aliphatic heterocycles. The fourth-order valence-electron chi connectivity index (χ4n) is 0.767. The Morgan fingerprint density at radius 2 is 2.33 bits per heavy atom. The number of phenolic OH excluding ortho intramolecular Hbond substituents is 1. The Kier molecular flexibility index (Phi) is 2.83. The molecule has 0 fully saturated rings. The third-order valence-corrected chi connectivity index (χ3v) is 1.86. The third kappa shape index (κ3) is 1.83. The molecule has 0 radical (unpaired) electrons. The molecule has 0 atom stereocenters. The van der Waals surface area contributed by atoms with Gasteiger partial charge in [-0.25, -0.2) is 10.8 Å². The second-order valence-electron chi connectivity index (χ2n) is 2.02. The summed E-state index contributed by atoms with van der Waals surface area (Å²) >= 11 is 1.01. The van der Waals surface area contributed by atoms with Gasteiger partial charge in [-0.2, -0.15) is 0 Å². The van der Waals surface area contributed by atoms with Crippen molar-refractivity contribution in [1.82, 2.24) is 0 Å². The molecule has 0 spiro atoms. The van der Waals surface area contributed by atoms with E-state index in [1.165, 1.54) is 13.2 Å². The largest absolute Gasteiger partial charge is 0.504 e. The molecule has 0 saturated heterocycles. The fourth-order valence-corrected chi connectivity index (χ4v) is 1.16. The SMILES string of the molecule is [C-]#[N+]Sc1ccc(O)c(OC)c1. The van der Waals surface area contributed by atoms with Gasteiger partial charge in [0.2, 0.25) is 0 Å². The van der Waals surface area contributed by atoms with Gasteiger partial charge in [-0.3, -0.25) is 0 Å². The molecule has 0 unspecified atom stereocenters. The lowest BCUT2D eigenvalue weighted by atomic mass is 10.3. The van der Waals surface area contributed by atoms with E-state index in [0.29, 0.717) is 5.75 Å². The number of benzene rings is 1. The smallest absolute Gasteiger partial charge is 0.294 e. The molecule has 12 heavy (non-hydrogen) atoms. The minimum absolute atomic E-state index is 0.0897. The maximum absolute atomic E-state index is 9.19. The lowest BCUT2D eigenvalue weighted by molar-refractivity contribution is 0.372. The van der Waals surface area contributed by atoms with Gasteiger partial charge in [0.15, 0.2) is 11.5 Å². The summed E-state index contributed by atoms with van der Waals surface area (Å²) in [5.41, 5.74) is 0. The van der Waals surface area contributed by atoms with Crippen molar-refractivity contribution in [2.75, 3.05) is 7.11 Å². The van der Waals surface area contributed by atoms with Crippen LogP contribution < -0.4 is 4.74 Å². The topological polar surface area (TPSA) is 33.8 Å². The summed E-state index contributed by atoms with van der Waals surface area (Å²) in [6.45, 7) is 6.61. The second kappa shape index (κ2) is 3.88. The summed E-state index contributed by atoms with van der Waals surface area (Å²) in [5, 5.41) is 9.19. The molecule has 3 nitrogen and oxygen atoms in total. The summed E-state index contributed by atoms with van der Waals surface area (Å²) < 4.78 is 8.01. The van der Waals surface area contributed by atoms with E-state index in [1.54, 1.807) is 12.1 Å². The summed E-state index contributed by atoms with van der Waals surface area (Å²) in [5.74, 6) is 0.482. The van der Waals surface area contributed by atoms with Gasteiger partial charge in [-0.1, -0.05) is 0 Å². The predicted octanol–water partition coefficient (Wildman–Crippen LogP) is 2.33. The Morgan fingerprint density at radius 1 is 1.58 bits per heavy atom. The van der Waals surface area contributed by atoms with Crippen LogP contribution >= 0.6 is 11.9 Å². The Hall–Kier alpha value is -1.34. The molecule has 0 bridgehead atoms. The maximum Gasteiger partial charge on any atom is 0.294 e. The number of ether oxygens (including phenoxy) is 1. The zero-order valence-electron chi connectivity index (χ0n) is 6.44. The number of methoxy groups -OCH3 is 1. The van der Waals surface area contributed by atoms with Crippen LogP contribution in [0.4, 0.5) is 0 Å². The van der Waals surface area contributed by atoms with Crippen LogP contribution in [0.15, 0.2) is 23.1 Å².